The molecular formula is C20H25NO4S. The Kier molecular flexibility index (Phi) is 3.77. The number of carbonyl (C=O) groups is 2. The minimum Gasteiger partial charge on any atom is -0.290 e. The maximum atomic E-state index is 13.0. The minimum atomic E-state index is -3.46. The molecule has 2 unspecified atom stereocenters. The molecule has 140 valence electrons. The first kappa shape index (κ1) is 17.9. The molecule has 1 heterocycles. The molecule has 2 aliphatic carbocycles. The Morgan fingerprint density at radius 2 is 1.88 bits per heavy atom. The molecule has 6 heteroatoms. The summed E-state index contributed by atoms with van der Waals surface area (Å²) in [5.74, 6) is -1.57. The molecule has 1 aliphatic heterocycles. The van der Waals surface area contributed by atoms with Gasteiger partial charge in [0.2, 0.25) is 21.6 Å². The molecule has 26 heavy (non-hydrogen) atoms. The summed E-state index contributed by atoms with van der Waals surface area (Å²) in [6, 6.07) is 3.41. The second kappa shape index (κ2) is 5.49. The van der Waals surface area contributed by atoms with Crippen LogP contribution < -0.4 is 0 Å². The number of hydrogen-bond acceptors (Lipinski definition) is 4. The smallest absolute Gasteiger partial charge is 0.229 e. The second-order valence-electron chi connectivity index (χ2n) is 8.77. The number of carbonyl (C=O) groups excluding carboxylic acids is 2. The van der Waals surface area contributed by atoms with Crippen molar-refractivity contribution >= 4 is 21.6 Å². The summed E-state index contributed by atoms with van der Waals surface area (Å²) in [6.45, 7) is 6.47. The molecule has 0 bridgehead atoms. The van der Waals surface area contributed by atoms with Crippen LogP contribution in [0.15, 0.2) is 12.1 Å². The quantitative estimate of drug-likeness (QED) is 0.708. The highest BCUT2D eigenvalue weighted by Gasteiger charge is 2.54. The first-order valence-corrected chi connectivity index (χ1v) is 11.1. The number of sulfonamides is 1. The summed E-state index contributed by atoms with van der Waals surface area (Å²) in [5, 5.41) is 0. The highest BCUT2D eigenvalue weighted by atomic mass is 32.2. The Bertz CT molecular complexity index is 931. The van der Waals surface area contributed by atoms with E-state index in [9.17, 15) is 18.0 Å². The van der Waals surface area contributed by atoms with Crippen LogP contribution in [-0.4, -0.2) is 37.1 Å². The third kappa shape index (κ3) is 2.34. The molecule has 1 aromatic rings. The molecule has 0 N–H and O–H groups in total. The maximum Gasteiger partial charge on any atom is 0.229 e. The maximum absolute atomic E-state index is 13.0. The average Bonchev–Trinajstić information content (AvgIpc) is 2.89. The third-order valence-corrected chi connectivity index (χ3v) is 7.76. The van der Waals surface area contributed by atoms with Crippen LogP contribution in [0.5, 0.6) is 0 Å². The van der Waals surface area contributed by atoms with Crippen LogP contribution in [0, 0.1) is 11.8 Å². The summed E-state index contributed by atoms with van der Waals surface area (Å²) in [7, 11) is -3.46. The van der Waals surface area contributed by atoms with E-state index in [2.05, 4.69) is 19.9 Å². The Labute approximate surface area is 154 Å². The molecular weight excluding hydrogens is 350 g/mol. The van der Waals surface area contributed by atoms with Crippen molar-refractivity contribution in [3.05, 3.63) is 34.4 Å². The minimum absolute atomic E-state index is 0.0394. The van der Waals surface area contributed by atoms with E-state index in [0.29, 0.717) is 5.56 Å². The van der Waals surface area contributed by atoms with Crippen molar-refractivity contribution < 1.29 is 18.0 Å². The van der Waals surface area contributed by atoms with E-state index >= 15 is 0 Å². The Balaban J connectivity index is 1.99. The number of fused-ring (bicyclic) bond motifs is 5. The van der Waals surface area contributed by atoms with Crippen molar-refractivity contribution in [2.75, 3.05) is 12.8 Å². The lowest BCUT2D eigenvalue weighted by atomic mass is 9.67. The van der Waals surface area contributed by atoms with Crippen molar-refractivity contribution in [2.45, 2.75) is 51.5 Å². The predicted molar refractivity (Wildman–Crippen MR) is 98.7 cm³/mol. The lowest BCUT2D eigenvalue weighted by Crippen LogP contribution is -2.41. The van der Waals surface area contributed by atoms with Gasteiger partial charge in [-0.1, -0.05) is 32.9 Å². The van der Waals surface area contributed by atoms with E-state index in [0.717, 1.165) is 36.0 Å². The van der Waals surface area contributed by atoms with Crippen LogP contribution in [0.2, 0.25) is 0 Å². The molecule has 0 saturated carbocycles. The fraction of sp³-hybridized carbons (Fsp3) is 0.600. The molecule has 5 nitrogen and oxygen atoms in total. The van der Waals surface area contributed by atoms with Gasteiger partial charge in [-0.3, -0.25) is 9.59 Å². The van der Waals surface area contributed by atoms with Gasteiger partial charge in [0.15, 0.2) is 0 Å². The SMILES string of the molecule is C[C@H]1CN(S(C)(=O)=O)C2c3ccc4c(c3C(=O)C(=O)C21)CCCC4(C)C. The van der Waals surface area contributed by atoms with Crippen molar-refractivity contribution in [1.82, 2.24) is 4.31 Å². The average molecular weight is 375 g/mol. The summed E-state index contributed by atoms with van der Waals surface area (Å²) < 4.78 is 26.1. The molecule has 1 aromatic carbocycles. The standard InChI is InChI=1S/C20H25NO4S/c1-11-10-21(26(4,24)25)17-13-7-8-14-12(6-5-9-20(14,2)3)16(13)19(23)18(22)15(11)17/h7-8,11,15,17H,5-6,9-10H2,1-4H3/t11-,15?,17?/m0/s1. The van der Waals surface area contributed by atoms with Gasteiger partial charge in [-0.25, -0.2) is 8.42 Å². The molecule has 0 spiro atoms. The Hall–Kier alpha value is -1.53. The van der Waals surface area contributed by atoms with Crippen LogP contribution in [0.3, 0.4) is 0 Å². The fourth-order valence-electron chi connectivity index (χ4n) is 5.28. The van der Waals surface area contributed by atoms with E-state index in [1.807, 2.05) is 13.0 Å². The Morgan fingerprint density at radius 1 is 1.19 bits per heavy atom. The highest BCUT2D eigenvalue weighted by molar-refractivity contribution is 7.88. The van der Waals surface area contributed by atoms with Gasteiger partial charge in [0.25, 0.3) is 0 Å². The van der Waals surface area contributed by atoms with Gasteiger partial charge in [0.1, 0.15) is 0 Å². The van der Waals surface area contributed by atoms with Crippen LogP contribution in [0.25, 0.3) is 0 Å². The van der Waals surface area contributed by atoms with Crippen LogP contribution in [0.1, 0.15) is 66.7 Å². The van der Waals surface area contributed by atoms with Gasteiger partial charge in [-0.15, -0.1) is 0 Å². The van der Waals surface area contributed by atoms with Gasteiger partial charge in [-0.2, -0.15) is 4.31 Å². The monoisotopic (exact) mass is 375 g/mol. The summed E-state index contributed by atoms with van der Waals surface area (Å²) in [4.78, 5) is 26.0. The highest BCUT2D eigenvalue weighted by Crippen LogP contribution is 2.50. The molecule has 0 amide bonds. The molecule has 1 fully saturated rings. The van der Waals surface area contributed by atoms with E-state index in [1.54, 1.807) is 0 Å². The predicted octanol–water partition coefficient (Wildman–Crippen LogP) is 2.63. The molecule has 1 saturated heterocycles. The first-order valence-electron chi connectivity index (χ1n) is 9.25. The van der Waals surface area contributed by atoms with Gasteiger partial charge in [0.05, 0.1) is 18.2 Å². The van der Waals surface area contributed by atoms with E-state index in [4.69, 9.17) is 0 Å². The van der Waals surface area contributed by atoms with Crippen LogP contribution in [0.4, 0.5) is 0 Å². The number of Topliss-reactive ketones (excluding diaryl/α,β-unsaturated/α-hetero) is 2. The molecule has 3 atom stereocenters. The van der Waals surface area contributed by atoms with Crippen LogP contribution >= 0.6 is 0 Å². The molecule has 4 rings (SSSR count). The van der Waals surface area contributed by atoms with Crippen molar-refractivity contribution in [3.8, 4) is 0 Å². The normalized spacial score (nSPS) is 30.7. The van der Waals surface area contributed by atoms with E-state index in [-0.39, 0.29) is 17.9 Å². The van der Waals surface area contributed by atoms with E-state index < -0.39 is 33.5 Å². The zero-order valence-electron chi connectivity index (χ0n) is 15.7. The van der Waals surface area contributed by atoms with Gasteiger partial charge >= 0.3 is 0 Å². The zero-order valence-corrected chi connectivity index (χ0v) is 16.5. The zero-order chi connectivity index (χ0) is 19.0. The number of benzene rings is 1. The topological polar surface area (TPSA) is 71.5 Å². The number of ketones is 2. The first-order chi connectivity index (χ1) is 12.0. The van der Waals surface area contributed by atoms with Crippen molar-refractivity contribution in [1.29, 1.82) is 0 Å². The molecule has 0 aromatic heterocycles. The number of nitrogens with zero attached hydrogens (tertiary/aromatic N) is 1. The summed E-state index contributed by atoms with van der Waals surface area (Å²) in [6.07, 6.45) is 3.97. The van der Waals surface area contributed by atoms with Crippen molar-refractivity contribution in [2.24, 2.45) is 11.8 Å². The largest absolute Gasteiger partial charge is 0.290 e. The lowest BCUT2D eigenvalue weighted by Gasteiger charge is -2.38. The van der Waals surface area contributed by atoms with Gasteiger partial charge < -0.3 is 0 Å². The van der Waals surface area contributed by atoms with Gasteiger partial charge in [0, 0.05) is 12.1 Å². The Morgan fingerprint density at radius 3 is 2.54 bits per heavy atom. The molecule has 3 aliphatic rings. The van der Waals surface area contributed by atoms with Gasteiger partial charge in [-0.05, 0) is 47.3 Å². The van der Waals surface area contributed by atoms with Crippen LogP contribution in [-0.2, 0) is 26.7 Å². The summed E-state index contributed by atoms with van der Waals surface area (Å²) >= 11 is 0. The van der Waals surface area contributed by atoms with Crippen molar-refractivity contribution in [3.63, 3.8) is 0 Å². The fourth-order valence-corrected chi connectivity index (χ4v) is 6.45. The summed E-state index contributed by atoms with van der Waals surface area (Å²) in [5.41, 5.74) is 3.26. The number of hydrogen-bond donors (Lipinski definition) is 0. The third-order valence-electron chi connectivity index (χ3n) is 6.53. The number of rotatable bonds is 1. The lowest BCUT2D eigenvalue weighted by molar-refractivity contribution is -0.120. The molecule has 0 radical (unpaired) electrons. The van der Waals surface area contributed by atoms with E-state index in [1.165, 1.54) is 10.6 Å². The second-order valence-corrected chi connectivity index (χ2v) is 10.7.